The fourth-order valence-electron chi connectivity index (χ4n) is 3.47. The van der Waals surface area contributed by atoms with Gasteiger partial charge in [0.2, 0.25) is 0 Å². The van der Waals surface area contributed by atoms with Crippen molar-refractivity contribution in [3.05, 3.63) is 67.3 Å². The quantitative estimate of drug-likeness (QED) is 0.373. The van der Waals surface area contributed by atoms with Crippen LogP contribution in [0.1, 0.15) is 37.7 Å². The maximum atomic E-state index is 11.7. The van der Waals surface area contributed by atoms with E-state index in [1.54, 1.807) is 12.1 Å². The van der Waals surface area contributed by atoms with Gasteiger partial charge in [0.1, 0.15) is 11.5 Å². The summed E-state index contributed by atoms with van der Waals surface area (Å²) in [4.78, 5) is 23.3. The first-order chi connectivity index (χ1) is 13.6. The van der Waals surface area contributed by atoms with Crippen LogP contribution < -0.4 is 9.47 Å². The highest BCUT2D eigenvalue weighted by molar-refractivity contribution is 5.98. The molecule has 0 aliphatic heterocycles. The lowest BCUT2D eigenvalue weighted by Crippen LogP contribution is -2.06. The van der Waals surface area contributed by atoms with Crippen molar-refractivity contribution in [2.45, 2.75) is 32.1 Å². The summed E-state index contributed by atoms with van der Waals surface area (Å²) in [5.74, 6) is 0.313. The largest absolute Gasteiger partial charge is 0.423 e. The van der Waals surface area contributed by atoms with E-state index in [9.17, 15) is 9.59 Å². The highest BCUT2D eigenvalue weighted by atomic mass is 16.5. The van der Waals surface area contributed by atoms with Gasteiger partial charge in [-0.25, -0.2) is 9.59 Å². The summed E-state index contributed by atoms with van der Waals surface area (Å²) in [7, 11) is 0. The summed E-state index contributed by atoms with van der Waals surface area (Å²) in [6, 6.07) is 8.99. The molecule has 1 aliphatic rings. The molecule has 2 aromatic rings. The molecule has 1 saturated carbocycles. The van der Waals surface area contributed by atoms with Gasteiger partial charge in [-0.3, -0.25) is 0 Å². The molecular weight excluding hydrogens is 352 g/mol. The first-order valence-corrected chi connectivity index (χ1v) is 9.54. The zero-order valence-electron chi connectivity index (χ0n) is 15.9. The lowest BCUT2D eigenvalue weighted by molar-refractivity contribution is -0.129. The average Bonchev–Trinajstić information content (AvgIpc) is 2.74. The number of fused-ring (bicyclic) bond motifs is 1. The standard InChI is InChI=1S/C24H24O4/c1-3-23(25)27-21-14-15-22(28-24(26)4-2)20-16-18(12-13-19(20)21)11-10-17-8-6-5-7-9-17/h3-4,10-17H,1-2,5-9H2/b11-10+. The molecule has 0 aromatic heterocycles. The molecule has 4 nitrogen and oxygen atoms in total. The van der Waals surface area contributed by atoms with Gasteiger partial charge < -0.3 is 9.47 Å². The summed E-state index contributed by atoms with van der Waals surface area (Å²) in [5, 5.41) is 1.37. The highest BCUT2D eigenvalue weighted by Gasteiger charge is 2.13. The van der Waals surface area contributed by atoms with Crippen LogP contribution in [0.4, 0.5) is 0 Å². The number of benzene rings is 2. The van der Waals surface area contributed by atoms with Crippen LogP contribution in [-0.4, -0.2) is 11.9 Å². The monoisotopic (exact) mass is 376 g/mol. The molecule has 0 amide bonds. The highest BCUT2D eigenvalue weighted by Crippen LogP contribution is 2.35. The van der Waals surface area contributed by atoms with Gasteiger partial charge in [-0.15, -0.1) is 0 Å². The molecule has 0 spiro atoms. The number of allylic oxidation sites excluding steroid dienone is 1. The normalized spacial score (nSPS) is 14.7. The lowest BCUT2D eigenvalue weighted by atomic mass is 9.88. The van der Waals surface area contributed by atoms with E-state index < -0.39 is 11.9 Å². The van der Waals surface area contributed by atoms with E-state index in [0.29, 0.717) is 28.2 Å². The smallest absolute Gasteiger partial charge is 0.335 e. The molecular formula is C24H24O4. The molecule has 2 aromatic carbocycles. The Morgan fingerprint density at radius 2 is 1.46 bits per heavy atom. The third-order valence-corrected chi connectivity index (χ3v) is 4.93. The van der Waals surface area contributed by atoms with Crippen molar-refractivity contribution >= 4 is 28.8 Å². The minimum atomic E-state index is -0.543. The van der Waals surface area contributed by atoms with Crippen molar-refractivity contribution in [2.75, 3.05) is 0 Å². The fraction of sp³-hybridized carbons (Fsp3) is 0.250. The molecule has 3 rings (SSSR count). The number of rotatable bonds is 6. The van der Waals surface area contributed by atoms with Crippen molar-refractivity contribution in [2.24, 2.45) is 5.92 Å². The van der Waals surface area contributed by atoms with Crippen LogP contribution in [0.15, 0.2) is 61.7 Å². The van der Waals surface area contributed by atoms with E-state index >= 15 is 0 Å². The second-order valence-electron chi connectivity index (χ2n) is 6.87. The van der Waals surface area contributed by atoms with E-state index in [0.717, 1.165) is 17.7 Å². The van der Waals surface area contributed by atoms with Crippen molar-refractivity contribution in [3.63, 3.8) is 0 Å². The number of hydrogen-bond acceptors (Lipinski definition) is 4. The third kappa shape index (κ3) is 4.77. The molecule has 0 bridgehead atoms. The van der Waals surface area contributed by atoms with Gasteiger partial charge in [0.15, 0.2) is 0 Å². The van der Waals surface area contributed by atoms with E-state index in [1.807, 2.05) is 18.2 Å². The topological polar surface area (TPSA) is 52.6 Å². The van der Waals surface area contributed by atoms with Crippen molar-refractivity contribution in [1.29, 1.82) is 0 Å². The molecule has 0 unspecified atom stereocenters. The lowest BCUT2D eigenvalue weighted by Gasteiger charge is -2.17. The van der Waals surface area contributed by atoms with Crippen molar-refractivity contribution < 1.29 is 19.1 Å². The van der Waals surface area contributed by atoms with Crippen LogP contribution in [0.5, 0.6) is 11.5 Å². The Bertz CT molecular complexity index is 933. The maximum absolute atomic E-state index is 11.7. The van der Waals surface area contributed by atoms with E-state index in [2.05, 4.69) is 25.3 Å². The minimum absolute atomic E-state index is 0.390. The van der Waals surface area contributed by atoms with Gasteiger partial charge in [-0.05, 0) is 48.6 Å². The Hall–Kier alpha value is -3.14. The molecule has 1 fully saturated rings. The number of carbonyl (C=O) groups is 2. The first kappa shape index (κ1) is 19.6. The molecule has 0 saturated heterocycles. The van der Waals surface area contributed by atoms with Crippen LogP contribution in [0.3, 0.4) is 0 Å². The average molecular weight is 376 g/mol. The second kappa shape index (κ2) is 9.18. The van der Waals surface area contributed by atoms with Gasteiger partial charge in [0.05, 0.1) is 0 Å². The van der Waals surface area contributed by atoms with Crippen LogP contribution in [0.2, 0.25) is 0 Å². The third-order valence-electron chi connectivity index (χ3n) is 4.93. The minimum Gasteiger partial charge on any atom is -0.423 e. The van der Waals surface area contributed by atoms with Crippen molar-refractivity contribution in [1.82, 2.24) is 0 Å². The Morgan fingerprint density at radius 3 is 2.07 bits per heavy atom. The molecule has 0 heterocycles. The van der Waals surface area contributed by atoms with Gasteiger partial charge in [0.25, 0.3) is 0 Å². The summed E-state index contributed by atoms with van der Waals surface area (Å²) < 4.78 is 10.7. The van der Waals surface area contributed by atoms with E-state index in [-0.39, 0.29) is 0 Å². The fourth-order valence-corrected chi connectivity index (χ4v) is 3.47. The number of ether oxygens (including phenoxy) is 2. The van der Waals surface area contributed by atoms with E-state index in [4.69, 9.17) is 9.47 Å². The molecule has 0 N–H and O–H groups in total. The Balaban J connectivity index is 1.98. The van der Waals surface area contributed by atoms with Gasteiger partial charge in [0, 0.05) is 22.9 Å². The summed E-state index contributed by atoms with van der Waals surface area (Å²) in [6.07, 6.45) is 12.9. The summed E-state index contributed by atoms with van der Waals surface area (Å²) in [6.45, 7) is 6.86. The Labute approximate surface area is 165 Å². The first-order valence-electron chi connectivity index (χ1n) is 9.54. The summed E-state index contributed by atoms with van der Waals surface area (Å²) >= 11 is 0. The zero-order valence-corrected chi connectivity index (χ0v) is 15.9. The molecule has 4 heteroatoms. The molecule has 1 aliphatic carbocycles. The number of hydrogen-bond donors (Lipinski definition) is 0. The molecule has 0 radical (unpaired) electrons. The number of esters is 2. The van der Waals surface area contributed by atoms with Crippen LogP contribution in [0.25, 0.3) is 16.8 Å². The Morgan fingerprint density at radius 1 is 0.857 bits per heavy atom. The van der Waals surface area contributed by atoms with Gasteiger partial charge in [-0.1, -0.05) is 50.6 Å². The molecule has 0 atom stereocenters. The maximum Gasteiger partial charge on any atom is 0.335 e. The molecule has 144 valence electrons. The predicted octanol–water partition coefficient (Wildman–Crippen LogP) is 5.62. The van der Waals surface area contributed by atoms with Gasteiger partial charge >= 0.3 is 11.9 Å². The second-order valence-corrected chi connectivity index (χ2v) is 6.87. The SMILES string of the molecule is C=CC(=O)Oc1ccc(OC(=O)C=C)c2cc(/C=C/C3CCCCC3)ccc12. The van der Waals surface area contributed by atoms with Crippen molar-refractivity contribution in [3.8, 4) is 11.5 Å². The van der Waals surface area contributed by atoms with Crippen LogP contribution in [0, 0.1) is 5.92 Å². The van der Waals surface area contributed by atoms with Crippen LogP contribution >= 0.6 is 0 Å². The Kier molecular flexibility index (Phi) is 6.43. The summed E-state index contributed by atoms with van der Waals surface area (Å²) in [5.41, 5.74) is 1.00. The zero-order chi connectivity index (χ0) is 19.9. The van der Waals surface area contributed by atoms with Crippen LogP contribution in [-0.2, 0) is 9.59 Å². The predicted molar refractivity (Wildman–Crippen MR) is 111 cm³/mol. The van der Waals surface area contributed by atoms with Gasteiger partial charge in [-0.2, -0.15) is 0 Å². The molecule has 28 heavy (non-hydrogen) atoms. The number of carbonyl (C=O) groups excluding carboxylic acids is 2. The van der Waals surface area contributed by atoms with E-state index in [1.165, 1.54) is 32.1 Å².